The predicted octanol–water partition coefficient (Wildman–Crippen LogP) is 2.05. The molecule has 18 heavy (non-hydrogen) atoms. The SMILES string of the molecule is CC(C(=O)N1CCCC2CCCC21)C1CNC1.Cl. The monoisotopic (exact) mass is 272 g/mol. The Morgan fingerprint density at radius 1 is 1.22 bits per heavy atom. The molecule has 3 rings (SSSR count). The Kier molecular flexibility index (Phi) is 4.54. The minimum absolute atomic E-state index is 0. The van der Waals surface area contributed by atoms with E-state index in [0.29, 0.717) is 17.9 Å². The number of nitrogens with zero attached hydrogens (tertiary/aromatic N) is 1. The van der Waals surface area contributed by atoms with Gasteiger partial charge >= 0.3 is 0 Å². The van der Waals surface area contributed by atoms with Gasteiger partial charge in [0.2, 0.25) is 5.91 Å². The number of rotatable bonds is 2. The van der Waals surface area contributed by atoms with Gasteiger partial charge < -0.3 is 10.2 Å². The topological polar surface area (TPSA) is 32.3 Å². The first-order valence-electron chi connectivity index (χ1n) is 7.28. The number of piperidine rings is 1. The van der Waals surface area contributed by atoms with Gasteiger partial charge in [0.05, 0.1) is 0 Å². The van der Waals surface area contributed by atoms with Crippen LogP contribution in [-0.4, -0.2) is 36.5 Å². The Bertz CT molecular complexity index is 306. The number of amides is 1. The van der Waals surface area contributed by atoms with Crippen LogP contribution in [0.5, 0.6) is 0 Å². The van der Waals surface area contributed by atoms with Crippen molar-refractivity contribution >= 4 is 18.3 Å². The molecular formula is C14H25ClN2O. The Morgan fingerprint density at radius 3 is 2.61 bits per heavy atom. The molecule has 0 aromatic heterocycles. The van der Waals surface area contributed by atoms with Crippen molar-refractivity contribution in [3.63, 3.8) is 0 Å². The van der Waals surface area contributed by atoms with Crippen LogP contribution in [0.2, 0.25) is 0 Å². The maximum absolute atomic E-state index is 12.6. The standard InChI is InChI=1S/C14H24N2O.ClH/c1-10(12-8-15-9-12)14(17)16-7-3-5-11-4-2-6-13(11)16;/h10-13,15H,2-9H2,1H3;1H. The number of hydrogen-bond donors (Lipinski definition) is 1. The molecule has 0 spiro atoms. The molecule has 1 amide bonds. The molecule has 0 bridgehead atoms. The van der Waals surface area contributed by atoms with Gasteiger partial charge in [-0.15, -0.1) is 12.4 Å². The highest BCUT2D eigenvalue weighted by molar-refractivity contribution is 5.85. The van der Waals surface area contributed by atoms with Crippen molar-refractivity contribution in [1.82, 2.24) is 10.2 Å². The van der Waals surface area contributed by atoms with Crippen LogP contribution in [0.25, 0.3) is 0 Å². The first-order valence-corrected chi connectivity index (χ1v) is 7.28. The molecule has 1 saturated carbocycles. The zero-order valence-electron chi connectivity index (χ0n) is 11.2. The summed E-state index contributed by atoms with van der Waals surface area (Å²) >= 11 is 0. The Hall–Kier alpha value is -0.280. The second kappa shape index (κ2) is 5.79. The fraction of sp³-hybridized carbons (Fsp3) is 0.929. The van der Waals surface area contributed by atoms with Gasteiger partial charge in [-0.1, -0.05) is 13.3 Å². The van der Waals surface area contributed by atoms with Gasteiger partial charge in [0, 0.05) is 18.5 Å². The van der Waals surface area contributed by atoms with Crippen molar-refractivity contribution in [2.45, 2.75) is 45.1 Å². The van der Waals surface area contributed by atoms with E-state index in [9.17, 15) is 4.79 Å². The van der Waals surface area contributed by atoms with Crippen LogP contribution in [-0.2, 0) is 4.79 Å². The third kappa shape index (κ3) is 2.39. The van der Waals surface area contributed by atoms with Gasteiger partial charge in [-0.2, -0.15) is 0 Å². The molecule has 3 nitrogen and oxygen atoms in total. The minimum Gasteiger partial charge on any atom is -0.339 e. The summed E-state index contributed by atoms with van der Waals surface area (Å²) in [6.07, 6.45) is 6.52. The average molecular weight is 273 g/mol. The van der Waals surface area contributed by atoms with E-state index in [4.69, 9.17) is 0 Å². The maximum Gasteiger partial charge on any atom is 0.226 e. The summed E-state index contributed by atoms with van der Waals surface area (Å²) < 4.78 is 0. The molecule has 3 unspecified atom stereocenters. The second-order valence-electron chi connectivity index (χ2n) is 6.14. The molecular weight excluding hydrogens is 248 g/mol. The summed E-state index contributed by atoms with van der Waals surface area (Å²) in [5.41, 5.74) is 0. The molecule has 3 atom stereocenters. The zero-order valence-corrected chi connectivity index (χ0v) is 12.0. The normalized spacial score (nSPS) is 33.3. The molecule has 0 aromatic carbocycles. The second-order valence-corrected chi connectivity index (χ2v) is 6.14. The average Bonchev–Trinajstić information content (AvgIpc) is 2.73. The van der Waals surface area contributed by atoms with E-state index in [1.54, 1.807) is 0 Å². The van der Waals surface area contributed by atoms with Crippen LogP contribution >= 0.6 is 12.4 Å². The number of likely N-dealkylation sites (tertiary alicyclic amines) is 1. The molecule has 0 radical (unpaired) electrons. The van der Waals surface area contributed by atoms with E-state index in [2.05, 4.69) is 17.1 Å². The van der Waals surface area contributed by atoms with Crippen molar-refractivity contribution in [2.24, 2.45) is 17.8 Å². The van der Waals surface area contributed by atoms with Crippen molar-refractivity contribution in [3.05, 3.63) is 0 Å². The lowest BCUT2D eigenvalue weighted by Crippen LogP contribution is -2.54. The van der Waals surface area contributed by atoms with Crippen molar-refractivity contribution in [2.75, 3.05) is 19.6 Å². The highest BCUT2D eigenvalue weighted by Crippen LogP contribution is 2.37. The largest absolute Gasteiger partial charge is 0.339 e. The maximum atomic E-state index is 12.6. The summed E-state index contributed by atoms with van der Waals surface area (Å²) in [4.78, 5) is 14.8. The molecule has 2 saturated heterocycles. The molecule has 3 aliphatic rings. The molecule has 0 aromatic rings. The first kappa shape index (κ1) is 14.1. The van der Waals surface area contributed by atoms with Gasteiger partial charge in [0.25, 0.3) is 0 Å². The molecule has 1 N–H and O–H groups in total. The van der Waals surface area contributed by atoms with Gasteiger partial charge in [0.1, 0.15) is 0 Å². The van der Waals surface area contributed by atoms with Crippen molar-refractivity contribution in [1.29, 1.82) is 0 Å². The first-order chi connectivity index (χ1) is 8.27. The molecule has 4 heteroatoms. The summed E-state index contributed by atoms with van der Waals surface area (Å²) in [5.74, 6) is 2.08. The number of fused-ring (bicyclic) bond motifs is 1. The quantitative estimate of drug-likeness (QED) is 0.835. The van der Waals surface area contributed by atoms with E-state index in [1.165, 1.54) is 32.1 Å². The molecule has 1 aliphatic carbocycles. The Morgan fingerprint density at radius 2 is 1.94 bits per heavy atom. The van der Waals surface area contributed by atoms with Crippen LogP contribution in [0.4, 0.5) is 0 Å². The van der Waals surface area contributed by atoms with Crippen LogP contribution in [0.15, 0.2) is 0 Å². The van der Waals surface area contributed by atoms with Crippen LogP contribution in [0, 0.1) is 17.8 Å². The highest BCUT2D eigenvalue weighted by Gasteiger charge is 2.40. The van der Waals surface area contributed by atoms with E-state index in [0.717, 1.165) is 25.6 Å². The number of nitrogens with one attached hydrogen (secondary N) is 1. The van der Waals surface area contributed by atoms with Crippen LogP contribution < -0.4 is 5.32 Å². The lowest BCUT2D eigenvalue weighted by Gasteiger charge is -2.41. The number of carbonyl (C=O) groups excluding carboxylic acids is 1. The fourth-order valence-corrected chi connectivity index (χ4v) is 3.86. The smallest absolute Gasteiger partial charge is 0.226 e. The Balaban J connectivity index is 0.00000120. The Labute approximate surface area is 116 Å². The third-order valence-corrected chi connectivity index (χ3v) is 5.19. The molecule has 2 aliphatic heterocycles. The van der Waals surface area contributed by atoms with E-state index < -0.39 is 0 Å². The summed E-state index contributed by atoms with van der Waals surface area (Å²) in [6.45, 7) is 5.22. The molecule has 104 valence electrons. The fourth-order valence-electron chi connectivity index (χ4n) is 3.86. The van der Waals surface area contributed by atoms with E-state index >= 15 is 0 Å². The predicted molar refractivity (Wildman–Crippen MR) is 74.8 cm³/mol. The molecule has 2 heterocycles. The van der Waals surface area contributed by atoms with E-state index in [-0.39, 0.29) is 18.3 Å². The van der Waals surface area contributed by atoms with Gasteiger partial charge in [0.15, 0.2) is 0 Å². The van der Waals surface area contributed by atoms with Crippen LogP contribution in [0.1, 0.15) is 39.0 Å². The zero-order chi connectivity index (χ0) is 11.8. The van der Waals surface area contributed by atoms with Gasteiger partial charge in [-0.05, 0) is 50.6 Å². The van der Waals surface area contributed by atoms with Gasteiger partial charge in [-0.3, -0.25) is 4.79 Å². The lowest BCUT2D eigenvalue weighted by molar-refractivity contribution is -0.142. The lowest BCUT2D eigenvalue weighted by atomic mass is 9.85. The number of carbonyl (C=O) groups is 1. The molecule has 3 fully saturated rings. The van der Waals surface area contributed by atoms with Crippen LogP contribution in [0.3, 0.4) is 0 Å². The third-order valence-electron chi connectivity index (χ3n) is 5.19. The van der Waals surface area contributed by atoms with E-state index in [1.807, 2.05) is 0 Å². The summed E-state index contributed by atoms with van der Waals surface area (Å²) in [7, 11) is 0. The number of hydrogen-bond acceptors (Lipinski definition) is 2. The summed E-state index contributed by atoms with van der Waals surface area (Å²) in [6, 6.07) is 0.590. The number of halogens is 1. The summed E-state index contributed by atoms with van der Waals surface area (Å²) in [5, 5.41) is 3.28. The van der Waals surface area contributed by atoms with Crippen molar-refractivity contribution < 1.29 is 4.79 Å². The minimum atomic E-state index is 0. The van der Waals surface area contributed by atoms with Gasteiger partial charge in [-0.25, -0.2) is 0 Å². The highest BCUT2D eigenvalue weighted by atomic mass is 35.5. The van der Waals surface area contributed by atoms with Crippen molar-refractivity contribution in [3.8, 4) is 0 Å².